The van der Waals surface area contributed by atoms with Crippen LogP contribution in [-0.2, 0) is 65.6 Å². The Morgan fingerprint density at radius 1 is 0.556 bits per heavy atom. The van der Waals surface area contributed by atoms with Gasteiger partial charge in [-0.1, -0.05) is 52.0 Å². The molecule has 9 amide bonds. The van der Waals surface area contributed by atoms with Crippen LogP contribution >= 0.6 is 12.6 Å². The summed E-state index contributed by atoms with van der Waals surface area (Å²) in [6, 6.07) is -1.92. The number of carbonyl (C=O) groups is 11. The summed E-state index contributed by atoms with van der Waals surface area (Å²) in [5, 5.41) is 60.2. The number of aliphatic carboxylic acids is 2. The van der Waals surface area contributed by atoms with Gasteiger partial charge in [-0.15, -0.1) is 0 Å². The highest BCUT2D eigenvalue weighted by atomic mass is 32.1. The lowest BCUT2D eigenvalue weighted by atomic mass is 9.99. The van der Waals surface area contributed by atoms with E-state index in [0.717, 1.165) is 0 Å². The van der Waals surface area contributed by atoms with Crippen LogP contribution in [0.5, 0.6) is 11.5 Å². The van der Waals surface area contributed by atoms with Gasteiger partial charge in [0.15, 0.2) is 5.96 Å². The van der Waals surface area contributed by atoms with Crippen LogP contribution in [0.1, 0.15) is 116 Å². The Hall–Kier alpha value is -8.29. The van der Waals surface area contributed by atoms with Crippen molar-refractivity contribution in [1.82, 2.24) is 47.4 Å². The van der Waals surface area contributed by atoms with Crippen LogP contribution in [0.4, 0.5) is 0 Å². The first-order chi connectivity index (χ1) is 42.6. The van der Waals surface area contributed by atoms with Gasteiger partial charge in [-0.05, 0) is 131 Å². The molecule has 0 unspecified atom stereocenters. The van der Waals surface area contributed by atoms with E-state index in [1.165, 1.54) is 53.4 Å². The number of aliphatic imine (C=N–C) groups is 1. The minimum atomic E-state index is -1.56. The van der Waals surface area contributed by atoms with Crippen molar-refractivity contribution in [3.8, 4) is 11.5 Å². The number of phenolic OH excluding ortho intramolecular Hbond substituents is 2. The molecule has 500 valence electrons. The average molecular weight is 1280 g/mol. The van der Waals surface area contributed by atoms with Crippen molar-refractivity contribution >= 4 is 83.7 Å². The van der Waals surface area contributed by atoms with Gasteiger partial charge in [0.2, 0.25) is 53.2 Å². The van der Waals surface area contributed by atoms with Crippen molar-refractivity contribution in [2.45, 2.75) is 178 Å². The van der Waals surface area contributed by atoms with Gasteiger partial charge in [0.25, 0.3) is 0 Å². The molecule has 0 aliphatic carbocycles. The lowest BCUT2D eigenvalue weighted by Crippen LogP contribution is -2.61. The number of carbonyl (C=O) groups excluding carboxylic acids is 9. The number of nitrogens with zero attached hydrogens (tertiary/aromatic N) is 2. The summed E-state index contributed by atoms with van der Waals surface area (Å²) in [5.74, 6) is -11.6. The zero-order valence-electron chi connectivity index (χ0n) is 51.5. The monoisotopic (exact) mass is 1280 g/mol. The number of carboxylic acid groups (broad SMARTS) is 2. The molecule has 1 aliphatic heterocycles. The summed E-state index contributed by atoms with van der Waals surface area (Å²) in [7, 11) is 0. The molecule has 0 radical (unpaired) electrons. The molecule has 1 aliphatic rings. The Kier molecular flexibility index (Phi) is 32.9. The maximum atomic E-state index is 14.8. The molecule has 10 atom stereocenters. The maximum Gasteiger partial charge on any atom is 0.326 e. The number of hydrogen-bond acceptors (Lipinski definition) is 18. The molecule has 0 aromatic heterocycles. The Balaban J connectivity index is 1.99. The third-order valence-corrected chi connectivity index (χ3v) is 15.3. The van der Waals surface area contributed by atoms with E-state index in [0.29, 0.717) is 36.8 Å². The highest BCUT2D eigenvalue weighted by Crippen LogP contribution is 2.21. The summed E-state index contributed by atoms with van der Waals surface area (Å²) in [4.78, 5) is 156. The van der Waals surface area contributed by atoms with Crippen molar-refractivity contribution in [3.63, 3.8) is 0 Å². The van der Waals surface area contributed by atoms with E-state index in [-0.39, 0.29) is 107 Å². The van der Waals surface area contributed by atoms with Gasteiger partial charge in [-0.25, -0.2) is 4.79 Å². The number of carboxylic acids is 2. The van der Waals surface area contributed by atoms with Gasteiger partial charge in [-0.2, -0.15) is 12.6 Å². The second-order valence-electron chi connectivity index (χ2n) is 22.8. The molecule has 2 aromatic rings. The fraction of sp³-hybridized carbons (Fsp3) is 0.593. The van der Waals surface area contributed by atoms with Crippen molar-refractivity contribution in [2.24, 2.45) is 45.5 Å². The number of nitrogens with two attached hydrogens (primary N) is 5. The number of unbranched alkanes of at least 4 members (excludes halogenated alkanes) is 2. The summed E-state index contributed by atoms with van der Waals surface area (Å²) in [5.41, 5.74) is 29.6. The highest BCUT2D eigenvalue weighted by Gasteiger charge is 2.40. The Labute approximate surface area is 528 Å². The van der Waals surface area contributed by atoms with Crippen molar-refractivity contribution < 1.29 is 73.2 Å². The summed E-state index contributed by atoms with van der Waals surface area (Å²) < 4.78 is 0. The van der Waals surface area contributed by atoms with E-state index >= 15 is 0 Å². The molecule has 22 N–H and O–H groups in total. The number of aromatic hydroxyl groups is 2. The van der Waals surface area contributed by atoms with E-state index in [4.69, 9.17) is 33.8 Å². The summed E-state index contributed by atoms with van der Waals surface area (Å²) >= 11 is 4.32. The van der Waals surface area contributed by atoms with Crippen LogP contribution in [-0.4, -0.2) is 189 Å². The normalized spacial score (nSPS) is 15.9. The third-order valence-electron chi connectivity index (χ3n) is 14.9. The topological polar surface area (TPSA) is 511 Å². The number of guanidine groups is 1. The summed E-state index contributed by atoms with van der Waals surface area (Å²) in [6.07, 6.45) is 0.660. The minimum absolute atomic E-state index is 0.00669. The lowest BCUT2D eigenvalue weighted by Gasteiger charge is -2.30. The van der Waals surface area contributed by atoms with Crippen molar-refractivity contribution in [3.05, 3.63) is 59.7 Å². The Morgan fingerprint density at radius 2 is 0.989 bits per heavy atom. The number of rotatable bonds is 40. The average Bonchev–Trinajstić information content (AvgIpc) is 2.02. The molecule has 3 rings (SSSR count). The second-order valence-corrected chi connectivity index (χ2v) is 23.2. The number of amides is 9. The first kappa shape index (κ1) is 76.0. The first-order valence-electron chi connectivity index (χ1n) is 30.2. The highest BCUT2D eigenvalue weighted by molar-refractivity contribution is 7.80. The first-order valence-corrected chi connectivity index (χ1v) is 30.8. The molecule has 31 heteroatoms. The fourth-order valence-corrected chi connectivity index (χ4v) is 9.89. The lowest BCUT2D eigenvalue weighted by molar-refractivity contribution is -0.145. The van der Waals surface area contributed by atoms with Crippen LogP contribution in [0.3, 0.4) is 0 Å². The largest absolute Gasteiger partial charge is 0.508 e. The zero-order chi connectivity index (χ0) is 67.2. The molecule has 30 nitrogen and oxygen atoms in total. The van der Waals surface area contributed by atoms with E-state index < -0.39 is 144 Å². The van der Waals surface area contributed by atoms with Crippen LogP contribution in [0.2, 0.25) is 0 Å². The number of phenols is 2. The predicted molar refractivity (Wildman–Crippen MR) is 336 cm³/mol. The van der Waals surface area contributed by atoms with Crippen LogP contribution < -0.4 is 71.2 Å². The maximum absolute atomic E-state index is 14.8. The molecule has 2 aromatic carbocycles. The standard InChI is InChI=1S/C59H93N15O15S/c1-32(2)47(62)55(85)68-40(13-9-27-65-59(63)64)51(81)73-48(33(3)4)56(86)71-43(30-35-17-21-37(76)22-18-35)53(83)70-42(29-34-15-19-36(75)20-16-34)52(82)67-38(11-5-7-25-60)49(79)66-39(12-6-8-26-61)50(80)72-44(31-90)57(87)74-28-10-14-45(74)54(84)69-41(58(88)89)23-24-46(77)78/h15-22,32-33,38-45,47-48,75-76,90H,5-14,23-31,60-62H2,1-4H3,(H,66,79)(H,67,82)(H,68,85)(H,69,84)(H,70,83)(H,71,86)(H,72,80)(H,73,81)(H,77,78)(H,88,89)(H4,63,64,65)/t38-,39-,40-,41-,42-,43-,44-,45-,47-,48-/m0/s1. The molecule has 1 fully saturated rings. The molecule has 0 spiro atoms. The molecule has 0 saturated carbocycles. The Morgan fingerprint density at radius 3 is 1.42 bits per heavy atom. The Bertz CT molecular complexity index is 2750. The van der Waals surface area contributed by atoms with Gasteiger partial charge >= 0.3 is 11.9 Å². The van der Waals surface area contributed by atoms with Gasteiger partial charge in [-0.3, -0.25) is 52.9 Å². The van der Waals surface area contributed by atoms with Crippen molar-refractivity contribution in [2.75, 3.05) is 31.9 Å². The number of hydrogen-bond donors (Lipinski definition) is 18. The quantitative estimate of drug-likeness (QED) is 0.0143. The number of nitrogens with one attached hydrogen (secondary N) is 8. The summed E-state index contributed by atoms with van der Waals surface area (Å²) in [6.45, 7) is 7.32. The number of likely N-dealkylation sites (tertiary alicyclic amines) is 1. The van der Waals surface area contributed by atoms with E-state index in [1.54, 1.807) is 27.7 Å². The molecular formula is C59H93N15O15S. The van der Waals surface area contributed by atoms with Crippen LogP contribution in [0.15, 0.2) is 53.5 Å². The second kappa shape index (κ2) is 39.0. The molecule has 1 heterocycles. The zero-order valence-corrected chi connectivity index (χ0v) is 52.4. The van der Waals surface area contributed by atoms with E-state index in [1.807, 2.05) is 0 Å². The van der Waals surface area contributed by atoms with Crippen LogP contribution in [0, 0.1) is 11.8 Å². The van der Waals surface area contributed by atoms with Gasteiger partial charge in [0, 0.05) is 38.1 Å². The van der Waals surface area contributed by atoms with Gasteiger partial charge in [0.05, 0.1) is 6.04 Å². The SMILES string of the molecule is CC(C)[C@H](N)C(=O)N[C@@H](CCCN=C(N)N)C(=O)N[C@H](C(=O)N[C@@H](Cc1ccc(O)cc1)C(=O)N[C@@H](Cc1ccc(O)cc1)C(=O)N[C@@H](CCCCN)C(=O)N[C@@H](CCCCN)C(=O)N[C@@H](CS)C(=O)N1CCC[C@H]1C(=O)N[C@@H](CCC(=O)O)C(=O)O)C(C)C. The number of benzene rings is 2. The van der Waals surface area contributed by atoms with Crippen LogP contribution in [0.25, 0.3) is 0 Å². The van der Waals surface area contributed by atoms with E-state index in [2.05, 4.69) is 60.2 Å². The fourth-order valence-electron chi connectivity index (χ4n) is 9.64. The smallest absolute Gasteiger partial charge is 0.326 e. The van der Waals surface area contributed by atoms with Crippen molar-refractivity contribution in [1.29, 1.82) is 0 Å². The number of thiol groups is 1. The molecular weight excluding hydrogens is 1190 g/mol. The molecule has 1 saturated heterocycles. The van der Waals surface area contributed by atoms with Gasteiger partial charge < -0.3 is 96.5 Å². The molecule has 0 bridgehead atoms. The van der Waals surface area contributed by atoms with E-state index in [9.17, 15) is 68.1 Å². The van der Waals surface area contributed by atoms with Gasteiger partial charge in [0.1, 0.15) is 65.9 Å². The predicted octanol–water partition coefficient (Wildman–Crippen LogP) is -2.42. The minimum Gasteiger partial charge on any atom is -0.508 e. The third kappa shape index (κ3) is 26.0. The molecule has 90 heavy (non-hydrogen) atoms.